The fourth-order valence-corrected chi connectivity index (χ4v) is 7.50. The molecule has 2 unspecified atom stereocenters. The van der Waals surface area contributed by atoms with Crippen LogP contribution in [-0.2, 0) is 11.3 Å². The van der Waals surface area contributed by atoms with Crippen molar-refractivity contribution in [3.05, 3.63) is 77.4 Å². The summed E-state index contributed by atoms with van der Waals surface area (Å²) in [6.07, 6.45) is 11.1. The highest BCUT2D eigenvalue weighted by Gasteiger charge is 2.46. The molecule has 3 aliphatic rings. The van der Waals surface area contributed by atoms with Gasteiger partial charge in [-0.15, -0.1) is 0 Å². The third kappa shape index (κ3) is 5.46. The summed E-state index contributed by atoms with van der Waals surface area (Å²) < 4.78 is 0. The van der Waals surface area contributed by atoms with Gasteiger partial charge < -0.3 is 21.7 Å². The lowest BCUT2D eigenvalue weighted by molar-refractivity contribution is -0.124. The highest BCUT2D eigenvalue weighted by Crippen LogP contribution is 2.48. The molecule has 2 fully saturated rings. The number of benzene rings is 3. The van der Waals surface area contributed by atoms with Gasteiger partial charge in [-0.25, -0.2) is 0 Å². The smallest absolute Gasteiger partial charge is 0.229 e. The van der Waals surface area contributed by atoms with E-state index in [4.69, 9.17) is 16.9 Å². The molecule has 6 rings (SSSR count). The number of carbonyl (C=O) groups is 1. The molecule has 6 heteroatoms. The Kier molecular flexibility index (Phi) is 7.79. The third-order valence-corrected chi connectivity index (χ3v) is 9.64. The summed E-state index contributed by atoms with van der Waals surface area (Å²) in [6, 6.07) is 21.7. The summed E-state index contributed by atoms with van der Waals surface area (Å²) in [5, 5.41) is 14.1. The maximum atomic E-state index is 14.3. The van der Waals surface area contributed by atoms with E-state index in [1.807, 2.05) is 6.07 Å². The lowest BCUT2D eigenvalue weighted by Crippen LogP contribution is -2.48. The van der Waals surface area contributed by atoms with E-state index in [0.717, 1.165) is 56.3 Å². The molecule has 3 aromatic rings. The molecule has 210 valence electrons. The third-order valence-electron chi connectivity index (χ3n) is 9.64. The maximum absolute atomic E-state index is 14.3. The monoisotopic (exact) mass is 537 g/mol. The quantitative estimate of drug-likeness (QED) is 0.177. The molecular weight excluding hydrogens is 494 g/mol. The second kappa shape index (κ2) is 11.6. The molecule has 1 aliphatic heterocycles. The number of fused-ring (bicyclic) bond motifs is 2. The Balaban J connectivity index is 1.40. The van der Waals surface area contributed by atoms with Crippen molar-refractivity contribution in [2.75, 3.05) is 4.90 Å². The molecular formula is C34H43N5O. The number of amides is 1. The van der Waals surface area contributed by atoms with Crippen LogP contribution in [0.4, 0.5) is 5.69 Å². The van der Waals surface area contributed by atoms with Gasteiger partial charge >= 0.3 is 0 Å². The summed E-state index contributed by atoms with van der Waals surface area (Å²) in [5.41, 5.74) is 16.2. The number of hydrogen-bond donors (Lipinski definition) is 4. The van der Waals surface area contributed by atoms with E-state index in [1.165, 1.54) is 42.0 Å². The van der Waals surface area contributed by atoms with Crippen LogP contribution in [0.2, 0.25) is 0 Å². The maximum Gasteiger partial charge on any atom is 0.229 e. The van der Waals surface area contributed by atoms with E-state index < -0.39 is 0 Å². The second-order valence-corrected chi connectivity index (χ2v) is 12.3. The van der Waals surface area contributed by atoms with Gasteiger partial charge in [0.1, 0.15) is 5.84 Å². The molecule has 0 aromatic heterocycles. The largest absolute Gasteiger partial charge is 0.384 e. The number of amidine groups is 1. The van der Waals surface area contributed by atoms with Crippen LogP contribution in [-0.4, -0.2) is 29.9 Å². The van der Waals surface area contributed by atoms with Crippen LogP contribution in [0.25, 0.3) is 10.8 Å². The predicted molar refractivity (Wildman–Crippen MR) is 164 cm³/mol. The highest BCUT2D eigenvalue weighted by molar-refractivity contribution is 5.98. The number of anilines is 1. The summed E-state index contributed by atoms with van der Waals surface area (Å²) in [5.74, 6) is 0.403. The van der Waals surface area contributed by atoms with Crippen LogP contribution < -0.4 is 21.7 Å². The molecule has 0 bridgehead atoms. The molecule has 2 saturated carbocycles. The fourth-order valence-electron chi connectivity index (χ4n) is 7.50. The molecule has 6 N–H and O–H groups in total. The molecule has 40 heavy (non-hydrogen) atoms. The first-order chi connectivity index (χ1) is 19.5. The number of nitrogens with zero attached hydrogens (tertiary/aromatic N) is 1. The van der Waals surface area contributed by atoms with E-state index in [-0.39, 0.29) is 35.8 Å². The SMILES string of the molecule is N=C(N)c1ccc2c(c1)N(Cc1ccc3ccccc3c1)C(C1CCCCCC1)C2C(=O)N[C@H]1CC[C@H](N)CC1. The number of nitrogen functional groups attached to an aromatic ring is 1. The molecule has 0 spiro atoms. The normalized spacial score (nSPS) is 25.4. The van der Waals surface area contributed by atoms with Gasteiger partial charge in [-0.3, -0.25) is 10.2 Å². The Morgan fingerprint density at radius 3 is 2.33 bits per heavy atom. The molecule has 3 aromatic carbocycles. The van der Waals surface area contributed by atoms with Crippen LogP contribution in [0.3, 0.4) is 0 Å². The van der Waals surface area contributed by atoms with Crippen molar-refractivity contribution in [3.8, 4) is 0 Å². The lowest BCUT2D eigenvalue weighted by Gasteiger charge is -2.37. The van der Waals surface area contributed by atoms with Crippen LogP contribution in [0.15, 0.2) is 60.7 Å². The molecule has 2 atom stereocenters. The topological polar surface area (TPSA) is 108 Å². The summed E-state index contributed by atoms with van der Waals surface area (Å²) in [6.45, 7) is 0.725. The van der Waals surface area contributed by atoms with E-state index in [1.54, 1.807) is 0 Å². The number of nitrogens with one attached hydrogen (secondary N) is 2. The van der Waals surface area contributed by atoms with Crippen molar-refractivity contribution in [1.82, 2.24) is 5.32 Å². The zero-order valence-electron chi connectivity index (χ0n) is 23.4. The minimum atomic E-state index is -0.241. The second-order valence-electron chi connectivity index (χ2n) is 12.3. The van der Waals surface area contributed by atoms with Crippen LogP contribution in [0, 0.1) is 11.3 Å². The van der Waals surface area contributed by atoms with Crippen molar-refractivity contribution in [1.29, 1.82) is 5.41 Å². The van der Waals surface area contributed by atoms with E-state index >= 15 is 0 Å². The predicted octanol–water partition coefficient (Wildman–Crippen LogP) is 5.95. The minimum absolute atomic E-state index is 0.0610. The van der Waals surface area contributed by atoms with Gasteiger partial charge in [0.15, 0.2) is 0 Å². The Bertz CT molecular complexity index is 1370. The minimum Gasteiger partial charge on any atom is -0.384 e. The average Bonchev–Trinajstić information content (AvgIpc) is 3.09. The van der Waals surface area contributed by atoms with E-state index in [2.05, 4.69) is 64.8 Å². The molecule has 0 radical (unpaired) electrons. The molecule has 2 aliphatic carbocycles. The number of carbonyl (C=O) groups excluding carboxylic acids is 1. The molecule has 6 nitrogen and oxygen atoms in total. The van der Waals surface area contributed by atoms with Crippen LogP contribution in [0.1, 0.15) is 86.8 Å². The van der Waals surface area contributed by atoms with Gasteiger partial charge in [-0.05, 0) is 78.5 Å². The van der Waals surface area contributed by atoms with Gasteiger partial charge in [0.05, 0.1) is 5.92 Å². The van der Waals surface area contributed by atoms with E-state index in [0.29, 0.717) is 11.5 Å². The Labute approximate surface area is 238 Å². The number of hydrogen-bond acceptors (Lipinski definition) is 4. The summed E-state index contributed by atoms with van der Waals surface area (Å²) in [7, 11) is 0. The number of nitrogens with two attached hydrogens (primary N) is 2. The van der Waals surface area contributed by atoms with E-state index in [9.17, 15) is 4.79 Å². The van der Waals surface area contributed by atoms with Gasteiger partial charge in [-0.2, -0.15) is 0 Å². The zero-order chi connectivity index (χ0) is 27.6. The van der Waals surface area contributed by atoms with Crippen LogP contribution in [0.5, 0.6) is 0 Å². The van der Waals surface area contributed by atoms with Gasteiger partial charge in [0, 0.05) is 35.9 Å². The number of rotatable bonds is 6. The Hall–Kier alpha value is -3.38. The van der Waals surface area contributed by atoms with Crippen molar-refractivity contribution >= 4 is 28.2 Å². The first kappa shape index (κ1) is 26.8. The fraction of sp³-hybridized carbons (Fsp3) is 0.471. The Morgan fingerprint density at radius 2 is 1.60 bits per heavy atom. The van der Waals surface area contributed by atoms with Crippen LogP contribution >= 0.6 is 0 Å². The standard InChI is InChI=1S/C34H43N5O/c35-27-14-16-28(17-15-27)38-34(40)31-29-18-13-26(33(36)37)20-30(29)39(32(31)24-8-3-1-2-4-9-24)21-22-11-12-23-7-5-6-10-25(23)19-22/h5-7,10-13,18-20,24,27-28,31-32H,1-4,8-9,14-17,21,35H2,(H3,36,37)(H,38,40)/t27-,28-,31?,32?. The lowest BCUT2D eigenvalue weighted by atomic mass is 9.81. The first-order valence-corrected chi connectivity index (χ1v) is 15.3. The van der Waals surface area contributed by atoms with Gasteiger partial charge in [0.25, 0.3) is 0 Å². The van der Waals surface area contributed by atoms with Crippen molar-refractivity contribution in [2.24, 2.45) is 17.4 Å². The highest BCUT2D eigenvalue weighted by atomic mass is 16.2. The molecule has 1 amide bonds. The van der Waals surface area contributed by atoms with Crippen molar-refractivity contribution in [3.63, 3.8) is 0 Å². The van der Waals surface area contributed by atoms with Gasteiger partial charge in [-0.1, -0.05) is 74.2 Å². The van der Waals surface area contributed by atoms with Crippen molar-refractivity contribution < 1.29 is 4.79 Å². The molecule has 1 heterocycles. The average molecular weight is 538 g/mol. The summed E-state index contributed by atoms with van der Waals surface area (Å²) >= 11 is 0. The van der Waals surface area contributed by atoms with Crippen molar-refractivity contribution in [2.45, 2.75) is 94.8 Å². The zero-order valence-corrected chi connectivity index (χ0v) is 23.4. The summed E-state index contributed by atoms with van der Waals surface area (Å²) in [4.78, 5) is 16.7. The Morgan fingerprint density at radius 1 is 0.875 bits per heavy atom. The van der Waals surface area contributed by atoms with Gasteiger partial charge in [0.2, 0.25) is 5.91 Å². The first-order valence-electron chi connectivity index (χ1n) is 15.3. The molecule has 0 saturated heterocycles.